The summed E-state index contributed by atoms with van der Waals surface area (Å²) in [4.78, 5) is 33.0. The number of benzene rings is 2. The molecule has 2 aromatic rings. The average Bonchev–Trinajstić information content (AvgIpc) is 3.66. The van der Waals surface area contributed by atoms with Gasteiger partial charge in [-0.3, -0.25) is 9.32 Å². The molecular weight excluding hydrogens is 503 g/mol. The van der Waals surface area contributed by atoms with Crippen LogP contribution in [0.4, 0.5) is 0 Å². The third kappa shape index (κ3) is 11.3. The van der Waals surface area contributed by atoms with E-state index in [-0.39, 0.29) is 31.1 Å². The van der Waals surface area contributed by atoms with Crippen LogP contribution in [0.15, 0.2) is 48.5 Å². The van der Waals surface area contributed by atoms with Crippen LogP contribution in [-0.4, -0.2) is 40.9 Å². The fourth-order valence-electron chi connectivity index (χ4n) is 4.75. The van der Waals surface area contributed by atoms with Gasteiger partial charge >= 0.3 is 7.82 Å². The van der Waals surface area contributed by atoms with E-state index in [4.69, 9.17) is 14.5 Å². The molecule has 0 spiro atoms. The lowest BCUT2D eigenvalue weighted by molar-refractivity contribution is -0.134. The largest absolute Gasteiger partial charge is 0.497 e. The molecule has 8 nitrogen and oxygen atoms in total. The smallest absolute Gasteiger partial charge is 0.469 e. The SMILES string of the molecule is CCCCCCCc1ccc(CC[C@H]2C[C@H]2C(=O)N(CCOP(=O)(O)O)Cc2ccc(OC)cc2)cc1.N. The number of aryl methyl sites for hydroxylation is 2. The molecule has 1 fully saturated rings. The van der Waals surface area contributed by atoms with E-state index in [0.717, 1.165) is 37.0 Å². The van der Waals surface area contributed by atoms with E-state index in [1.54, 1.807) is 12.0 Å². The number of unbranched alkanes of at least 4 members (excludes halogenated alkanes) is 4. The Bertz CT molecular complexity index is 1010. The molecule has 2 atom stereocenters. The van der Waals surface area contributed by atoms with E-state index in [2.05, 4.69) is 35.7 Å². The Balaban J connectivity index is 0.00000507. The van der Waals surface area contributed by atoms with Crippen LogP contribution in [-0.2, 0) is 33.3 Å². The number of hydrogen-bond acceptors (Lipinski definition) is 5. The lowest BCUT2D eigenvalue weighted by Crippen LogP contribution is -2.35. The van der Waals surface area contributed by atoms with Gasteiger partial charge in [-0.2, -0.15) is 0 Å². The van der Waals surface area contributed by atoms with Crippen LogP contribution >= 0.6 is 7.82 Å². The lowest BCUT2D eigenvalue weighted by atomic mass is 10.0. The van der Waals surface area contributed by atoms with E-state index >= 15 is 0 Å². The normalized spacial score (nSPS) is 16.5. The second kappa shape index (κ2) is 16.0. The zero-order chi connectivity index (χ0) is 26.7. The van der Waals surface area contributed by atoms with Gasteiger partial charge < -0.3 is 25.6 Å². The summed E-state index contributed by atoms with van der Waals surface area (Å²) in [5, 5.41) is 0. The van der Waals surface area contributed by atoms with Gasteiger partial charge in [-0.25, -0.2) is 4.57 Å². The highest BCUT2D eigenvalue weighted by molar-refractivity contribution is 7.46. The van der Waals surface area contributed by atoms with Crippen LogP contribution < -0.4 is 10.9 Å². The van der Waals surface area contributed by atoms with E-state index < -0.39 is 7.82 Å². The minimum atomic E-state index is -4.58. The molecule has 0 aromatic heterocycles. The molecule has 212 valence electrons. The number of nitrogens with zero attached hydrogens (tertiary/aromatic N) is 1. The summed E-state index contributed by atoms with van der Waals surface area (Å²) in [5.74, 6) is 1.05. The Kier molecular flexibility index (Phi) is 13.5. The first-order valence-corrected chi connectivity index (χ1v) is 15.0. The van der Waals surface area contributed by atoms with Crippen molar-refractivity contribution < 1.29 is 28.4 Å². The van der Waals surface area contributed by atoms with Crippen LogP contribution in [0.2, 0.25) is 0 Å². The minimum Gasteiger partial charge on any atom is -0.497 e. The molecule has 0 saturated heterocycles. The van der Waals surface area contributed by atoms with Crippen molar-refractivity contribution in [1.82, 2.24) is 11.1 Å². The molecule has 0 aliphatic heterocycles. The maximum absolute atomic E-state index is 13.3. The monoisotopic (exact) mass is 548 g/mol. The Morgan fingerprint density at radius 1 is 0.947 bits per heavy atom. The first kappa shape index (κ1) is 32.0. The van der Waals surface area contributed by atoms with Crippen molar-refractivity contribution in [3.8, 4) is 5.75 Å². The number of amides is 1. The van der Waals surface area contributed by atoms with Gasteiger partial charge in [0.05, 0.1) is 13.7 Å². The van der Waals surface area contributed by atoms with Gasteiger partial charge in [0.2, 0.25) is 5.91 Å². The minimum absolute atomic E-state index is 0. The first-order chi connectivity index (χ1) is 17.8. The summed E-state index contributed by atoms with van der Waals surface area (Å²) in [7, 11) is -2.98. The van der Waals surface area contributed by atoms with Gasteiger partial charge in [0.25, 0.3) is 0 Å². The van der Waals surface area contributed by atoms with Crippen molar-refractivity contribution in [2.45, 2.75) is 71.3 Å². The lowest BCUT2D eigenvalue weighted by Gasteiger charge is -2.23. The van der Waals surface area contributed by atoms with E-state index in [1.807, 2.05) is 24.3 Å². The highest BCUT2D eigenvalue weighted by Crippen LogP contribution is 2.43. The maximum atomic E-state index is 13.3. The Hall–Kier alpha value is -2.22. The number of phosphoric ester groups is 1. The topological polar surface area (TPSA) is 131 Å². The third-order valence-electron chi connectivity index (χ3n) is 7.10. The summed E-state index contributed by atoms with van der Waals surface area (Å²) in [5.41, 5.74) is 3.62. The second-order valence-corrected chi connectivity index (χ2v) is 11.3. The van der Waals surface area contributed by atoms with Crippen LogP contribution in [0.3, 0.4) is 0 Å². The number of ether oxygens (including phenoxy) is 1. The zero-order valence-electron chi connectivity index (χ0n) is 22.9. The number of rotatable bonds is 17. The van der Waals surface area contributed by atoms with Gasteiger partial charge in [0.1, 0.15) is 5.75 Å². The quantitative estimate of drug-likeness (QED) is 0.161. The van der Waals surface area contributed by atoms with Crippen molar-refractivity contribution in [3.63, 3.8) is 0 Å². The fourth-order valence-corrected chi connectivity index (χ4v) is 5.07. The summed E-state index contributed by atoms with van der Waals surface area (Å²) < 4.78 is 20.9. The van der Waals surface area contributed by atoms with E-state index in [9.17, 15) is 9.36 Å². The zero-order valence-corrected chi connectivity index (χ0v) is 23.8. The molecule has 1 amide bonds. The number of hydrogen-bond donors (Lipinski definition) is 3. The standard InChI is InChI=1S/C29H42NO6P.H3N/c1-3-4-5-6-7-8-23-9-11-24(12-10-23)13-16-26-21-28(26)29(31)30(19-20-36-37(32,33)34)22-25-14-17-27(35-2)18-15-25;/h9-12,14-15,17-18,26,28H,3-8,13,16,19-22H2,1-2H3,(H2,32,33,34);1H3/t26-,28+;/m0./s1. The van der Waals surface area contributed by atoms with Crippen LogP contribution in [0.5, 0.6) is 5.75 Å². The van der Waals surface area contributed by atoms with Crippen LogP contribution in [0.1, 0.15) is 68.6 Å². The number of methoxy groups -OCH3 is 1. The highest BCUT2D eigenvalue weighted by atomic mass is 31.2. The van der Waals surface area contributed by atoms with Gasteiger partial charge in [0.15, 0.2) is 0 Å². The molecule has 1 saturated carbocycles. The molecule has 38 heavy (non-hydrogen) atoms. The van der Waals surface area contributed by atoms with E-state index in [1.165, 1.54) is 43.2 Å². The molecule has 9 heteroatoms. The Morgan fingerprint density at radius 2 is 1.55 bits per heavy atom. The predicted molar refractivity (Wildman–Crippen MR) is 150 cm³/mol. The van der Waals surface area contributed by atoms with Gasteiger partial charge in [-0.15, -0.1) is 0 Å². The Morgan fingerprint density at radius 3 is 2.16 bits per heavy atom. The van der Waals surface area contributed by atoms with Crippen LogP contribution in [0, 0.1) is 11.8 Å². The fraction of sp³-hybridized carbons (Fsp3) is 0.552. The molecule has 2 aromatic carbocycles. The van der Waals surface area contributed by atoms with Crippen molar-refractivity contribution in [3.05, 3.63) is 65.2 Å². The summed E-state index contributed by atoms with van der Waals surface area (Å²) in [6.45, 7) is 2.51. The van der Waals surface area contributed by atoms with Gasteiger partial charge in [-0.1, -0.05) is 69.0 Å². The van der Waals surface area contributed by atoms with Crippen molar-refractivity contribution in [2.75, 3.05) is 20.3 Å². The number of phosphoric acid groups is 1. The second-order valence-electron chi connectivity index (χ2n) is 10.1. The number of carbonyl (C=O) groups excluding carboxylic acids is 1. The average molecular weight is 549 g/mol. The maximum Gasteiger partial charge on any atom is 0.469 e. The summed E-state index contributed by atoms with van der Waals surface area (Å²) in [6.07, 6.45) is 10.4. The predicted octanol–water partition coefficient (Wildman–Crippen LogP) is 6.08. The van der Waals surface area contributed by atoms with Crippen molar-refractivity contribution >= 4 is 13.7 Å². The molecule has 0 unspecified atom stereocenters. The molecule has 0 heterocycles. The van der Waals surface area contributed by atoms with Crippen molar-refractivity contribution in [1.29, 1.82) is 0 Å². The third-order valence-corrected chi connectivity index (χ3v) is 7.62. The molecule has 1 aliphatic carbocycles. The van der Waals surface area contributed by atoms with Crippen molar-refractivity contribution in [2.24, 2.45) is 11.8 Å². The molecule has 3 rings (SSSR count). The molecule has 0 bridgehead atoms. The summed E-state index contributed by atoms with van der Waals surface area (Å²) >= 11 is 0. The highest BCUT2D eigenvalue weighted by Gasteiger charge is 2.44. The Labute approximate surface area is 227 Å². The molecule has 5 N–H and O–H groups in total. The first-order valence-electron chi connectivity index (χ1n) is 13.5. The molecule has 0 radical (unpaired) electrons. The number of carbonyl (C=O) groups is 1. The van der Waals surface area contributed by atoms with Gasteiger partial charge in [0, 0.05) is 19.0 Å². The summed E-state index contributed by atoms with van der Waals surface area (Å²) in [6, 6.07) is 16.4. The van der Waals surface area contributed by atoms with Gasteiger partial charge in [-0.05, 0) is 66.8 Å². The van der Waals surface area contributed by atoms with E-state index in [0.29, 0.717) is 12.5 Å². The molecular formula is C29H45N2O6P. The molecule has 1 aliphatic rings. The van der Waals surface area contributed by atoms with Crippen LogP contribution in [0.25, 0.3) is 0 Å².